The molecule has 1 heterocycles. The molecule has 1 aromatic heterocycles. The molecule has 0 saturated carbocycles. The van der Waals surface area contributed by atoms with Crippen molar-refractivity contribution in [3.8, 4) is 11.6 Å². The van der Waals surface area contributed by atoms with Crippen molar-refractivity contribution >= 4 is 23.8 Å². The van der Waals surface area contributed by atoms with E-state index in [-0.39, 0.29) is 0 Å². The molecule has 0 fully saturated rings. The summed E-state index contributed by atoms with van der Waals surface area (Å²) < 4.78 is 6.07. The molecule has 0 aliphatic heterocycles. The largest absolute Gasteiger partial charge is 0.439 e. The third-order valence-corrected chi connectivity index (χ3v) is 4.62. The molecule has 5 nitrogen and oxygen atoms in total. The van der Waals surface area contributed by atoms with Gasteiger partial charge in [-0.2, -0.15) is 4.98 Å². The number of aromatic nitrogens is 2. The van der Waals surface area contributed by atoms with Gasteiger partial charge in [-0.1, -0.05) is 25.6 Å². The standard InChI is InChI=1S/C20H28N4OS/c1-8-24(7)12-21-17-9-15(5)18(10-14(17)4)25-19-11-16(6)22-20(23-19)26-13(2)3/h9-13H,8H2,1-7H3/b21-12+. The van der Waals surface area contributed by atoms with Crippen molar-refractivity contribution < 1.29 is 4.74 Å². The number of rotatable bonds is 7. The quantitative estimate of drug-likeness (QED) is 0.285. The Labute approximate surface area is 160 Å². The SMILES string of the molecule is CCN(C)/C=N/c1cc(C)c(Oc2cc(C)nc(SC(C)C)n2)cc1C. The van der Waals surface area contributed by atoms with Gasteiger partial charge in [0.15, 0.2) is 5.16 Å². The lowest BCUT2D eigenvalue weighted by atomic mass is 10.1. The Bertz CT molecular complexity index is 790. The Kier molecular flexibility index (Phi) is 7.03. The van der Waals surface area contributed by atoms with Crippen molar-refractivity contribution in [1.29, 1.82) is 0 Å². The Hall–Kier alpha value is -2.08. The number of aryl methyl sites for hydroxylation is 3. The average molecular weight is 373 g/mol. The number of aliphatic imine (C=N–C) groups is 1. The molecular weight excluding hydrogens is 344 g/mol. The summed E-state index contributed by atoms with van der Waals surface area (Å²) in [5, 5.41) is 1.17. The predicted molar refractivity (Wildman–Crippen MR) is 110 cm³/mol. The number of thioether (sulfide) groups is 1. The van der Waals surface area contributed by atoms with Gasteiger partial charge in [0.05, 0.1) is 12.0 Å². The molecule has 26 heavy (non-hydrogen) atoms. The Morgan fingerprint density at radius 2 is 1.88 bits per heavy atom. The van der Waals surface area contributed by atoms with Gasteiger partial charge in [0, 0.05) is 30.6 Å². The van der Waals surface area contributed by atoms with Crippen molar-refractivity contribution in [2.75, 3.05) is 13.6 Å². The number of benzene rings is 1. The minimum absolute atomic E-state index is 0.423. The number of ether oxygens (including phenoxy) is 1. The molecule has 0 saturated heterocycles. The zero-order valence-corrected chi connectivity index (χ0v) is 17.5. The van der Waals surface area contributed by atoms with Gasteiger partial charge in [-0.15, -0.1) is 0 Å². The summed E-state index contributed by atoms with van der Waals surface area (Å²) in [5.41, 5.74) is 3.94. The lowest BCUT2D eigenvalue weighted by molar-refractivity contribution is 0.451. The van der Waals surface area contributed by atoms with Gasteiger partial charge < -0.3 is 9.64 Å². The van der Waals surface area contributed by atoms with Crippen LogP contribution in [0.5, 0.6) is 11.6 Å². The second-order valence-corrected chi connectivity index (χ2v) is 8.16. The van der Waals surface area contributed by atoms with E-state index in [0.717, 1.165) is 40.0 Å². The van der Waals surface area contributed by atoms with Crippen LogP contribution in [0.15, 0.2) is 28.3 Å². The van der Waals surface area contributed by atoms with Gasteiger partial charge in [-0.3, -0.25) is 0 Å². The van der Waals surface area contributed by atoms with Crippen LogP contribution in [0.3, 0.4) is 0 Å². The van der Waals surface area contributed by atoms with E-state index in [4.69, 9.17) is 4.74 Å². The van der Waals surface area contributed by atoms with Crippen LogP contribution in [0.2, 0.25) is 0 Å². The zero-order chi connectivity index (χ0) is 19.3. The first-order valence-electron chi connectivity index (χ1n) is 8.84. The summed E-state index contributed by atoms with van der Waals surface area (Å²) >= 11 is 1.63. The number of nitrogens with zero attached hydrogens (tertiary/aromatic N) is 4. The van der Waals surface area contributed by atoms with Crippen LogP contribution in [0.25, 0.3) is 0 Å². The number of hydrogen-bond donors (Lipinski definition) is 0. The van der Waals surface area contributed by atoms with E-state index in [9.17, 15) is 0 Å². The molecule has 6 heteroatoms. The molecule has 0 aliphatic carbocycles. The molecule has 0 aliphatic rings. The van der Waals surface area contributed by atoms with Gasteiger partial charge in [-0.25, -0.2) is 9.98 Å². The topological polar surface area (TPSA) is 50.6 Å². The van der Waals surface area contributed by atoms with Crippen molar-refractivity contribution in [2.24, 2.45) is 4.99 Å². The van der Waals surface area contributed by atoms with E-state index >= 15 is 0 Å². The minimum atomic E-state index is 0.423. The molecule has 2 aromatic rings. The average Bonchev–Trinajstić information content (AvgIpc) is 2.55. The molecule has 0 unspecified atom stereocenters. The van der Waals surface area contributed by atoms with Gasteiger partial charge in [-0.05, 0) is 51.0 Å². The van der Waals surface area contributed by atoms with Crippen LogP contribution in [0, 0.1) is 20.8 Å². The maximum Gasteiger partial charge on any atom is 0.223 e. The normalized spacial score (nSPS) is 11.4. The van der Waals surface area contributed by atoms with Crippen molar-refractivity contribution in [1.82, 2.24) is 14.9 Å². The molecule has 2 rings (SSSR count). The monoisotopic (exact) mass is 372 g/mol. The fourth-order valence-electron chi connectivity index (χ4n) is 2.21. The molecule has 140 valence electrons. The third-order valence-electron chi connectivity index (χ3n) is 3.75. The Balaban J connectivity index is 2.26. The Morgan fingerprint density at radius 3 is 2.54 bits per heavy atom. The highest BCUT2D eigenvalue weighted by Crippen LogP contribution is 2.32. The highest BCUT2D eigenvalue weighted by atomic mass is 32.2. The summed E-state index contributed by atoms with van der Waals surface area (Å²) in [6, 6.07) is 5.92. The van der Waals surface area contributed by atoms with E-state index < -0.39 is 0 Å². The van der Waals surface area contributed by atoms with Crippen LogP contribution in [-0.4, -0.2) is 40.0 Å². The first-order valence-corrected chi connectivity index (χ1v) is 9.72. The van der Waals surface area contributed by atoms with E-state index in [1.807, 2.05) is 57.3 Å². The van der Waals surface area contributed by atoms with E-state index in [1.54, 1.807) is 11.8 Å². The van der Waals surface area contributed by atoms with Crippen LogP contribution >= 0.6 is 11.8 Å². The molecule has 0 spiro atoms. The lowest BCUT2D eigenvalue weighted by Gasteiger charge is -2.13. The van der Waals surface area contributed by atoms with Crippen LogP contribution < -0.4 is 4.74 Å². The molecule has 0 radical (unpaired) electrons. The highest BCUT2D eigenvalue weighted by molar-refractivity contribution is 7.99. The van der Waals surface area contributed by atoms with E-state index in [0.29, 0.717) is 11.1 Å². The minimum Gasteiger partial charge on any atom is -0.439 e. The Morgan fingerprint density at radius 1 is 1.15 bits per heavy atom. The fraction of sp³-hybridized carbons (Fsp3) is 0.450. The van der Waals surface area contributed by atoms with Crippen LogP contribution in [-0.2, 0) is 0 Å². The predicted octanol–water partition coefficient (Wildman–Crippen LogP) is 5.31. The molecule has 0 N–H and O–H groups in total. The third kappa shape index (κ3) is 5.73. The summed E-state index contributed by atoms with van der Waals surface area (Å²) in [5.74, 6) is 1.37. The summed E-state index contributed by atoms with van der Waals surface area (Å²) in [6.07, 6.45) is 1.85. The first kappa shape index (κ1) is 20.2. The molecule has 0 atom stereocenters. The number of hydrogen-bond acceptors (Lipinski definition) is 5. The van der Waals surface area contributed by atoms with Crippen LogP contribution in [0.4, 0.5) is 5.69 Å². The van der Waals surface area contributed by atoms with Gasteiger partial charge >= 0.3 is 0 Å². The second-order valence-electron chi connectivity index (χ2n) is 6.62. The molecule has 0 amide bonds. The molecule has 1 aromatic carbocycles. The van der Waals surface area contributed by atoms with Gasteiger partial charge in [0.2, 0.25) is 5.88 Å². The first-order chi connectivity index (χ1) is 12.3. The maximum absolute atomic E-state index is 6.07. The van der Waals surface area contributed by atoms with E-state index in [1.165, 1.54) is 0 Å². The van der Waals surface area contributed by atoms with Crippen LogP contribution in [0.1, 0.15) is 37.6 Å². The van der Waals surface area contributed by atoms with Crippen molar-refractivity contribution in [3.63, 3.8) is 0 Å². The summed E-state index contributed by atoms with van der Waals surface area (Å²) in [4.78, 5) is 15.6. The van der Waals surface area contributed by atoms with Gasteiger partial charge in [0.1, 0.15) is 5.75 Å². The second kappa shape index (κ2) is 9.03. The van der Waals surface area contributed by atoms with E-state index in [2.05, 4.69) is 35.7 Å². The maximum atomic E-state index is 6.07. The zero-order valence-electron chi connectivity index (χ0n) is 16.7. The lowest BCUT2D eigenvalue weighted by Crippen LogP contribution is -2.14. The molecule has 0 bridgehead atoms. The summed E-state index contributed by atoms with van der Waals surface area (Å²) in [7, 11) is 2.01. The highest BCUT2D eigenvalue weighted by Gasteiger charge is 2.10. The fourth-order valence-corrected chi connectivity index (χ4v) is 2.97. The summed E-state index contributed by atoms with van der Waals surface area (Å²) in [6.45, 7) is 13.3. The van der Waals surface area contributed by atoms with Crippen molar-refractivity contribution in [3.05, 3.63) is 35.0 Å². The molecular formula is C20H28N4OS. The van der Waals surface area contributed by atoms with Crippen molar-refractivity contribution in [2.45, 2.75) is 51.9 Å². The van der Waals surface area contributed by atoms with Gasteiger partial charge in [0.25, 0.3) is 0 Å². The smallest absolute Gasteiger partial charge is 0.223 e.